The first-order chi connectivity index (χ1) is 8.25. The third kappa shape index (κ3) is 1.84. The fourth-order valence-electron chi connectivity index (χ4n) is 2.75. The second-order valence-electron chi connectivity index (χ2n) is 4.65. The zero-order chi connectivity index (χ0) is 13.7. The van der Waals surface area contributed by atoms with Crippen LogP contribution in [0.1, 0.15) is 40.3 Å². The van der Waals surface area contributed by atoms with E-state index in [0.29, 0.717) is 18.5 Å². The van der Waals surface area contributed by atoms with Crippen LogP contribution in [0.5, 0.6) is 0 Å². The molecule has 3 nitrogen and oxygen atoms in total. The van der Waals surface area contributed by atoms with E-state index in [1.807, 2.05) is 6.92 Å². The number of halogens is 3. The zero-order valence-corrected chi connectivity index (χ0v) is 10.5. The molecule has 0 aliphatic carbocycles. The fourth-order valence-corrected chi connectivity index (χ4v) is 2.75. The highest BCUT2D eigenvalue weighted by Crippen LogP contribution is 2.33. The van der Waals surface area contributed by atoms with Gasteiger partial charge in [-0.15, -0.1) is 0 Å². The van der Waals surface area contributed by atoms with Gasteiger partial charge in [-0.25, -0.2) is 0 Å². The molecule has 0 bridgehead atoms. The van der Waals surface area contributed by atoms with Crippen LogP contribution in [0.2, 0.25) is 0 Å². The van der Waals surface area contributed by atoms with Crippen LogP contribution in [0.25, 0.3) is 0 Å². The maximum absolute atomic E-state index is 12.6. The quantitative estimate of drug-likeness (QED) is 0.786. The molecule has 2 rings (SSSR count). The standard InChI is InChI=1S/C12H15F3N2O/c1-6-9-7(2)16-5-4-8(9)17(3)10(6)11(18)12(13,14)15/h7,16H,4-5H2,1-3H3. The summed E-state index contributed by atoms with van der Waals surface area (Å²) >= 11 is 0. The number of ketones is 1. The van der Waals surface area contributed by atoms with Crippen molar-refractivity contribution < 1.29 is 18.0 Å². The summed E-state index contributed by atoms with van der Waals surface area (Å²) in [6, 6.07) is -0.0188. The van der Waals surface area contributed by atoms with Crippen LogP contribution in [0.4, 0.5) is 13.2 Å². The Kier molecular flexibility index (Phi) is 3.01. The minimum Gasteiger partial charge on any atom is -0.344 e. The van der Waals surface area contributed by atoms with E-state index in [2.05, 4.69) is 5.32 Å². The molecular weight excluding hydrogens is 245 g/mol. The molecule has 6 heteroatoms. The molecule has 0 spiro atoms. The van der Waals surface area contributed by atoms with E-state index in [0.717, 1.165) is 11.3 Å². The Hall–Kier alpha value is -1.30. The van der Waals surface area contributed by atoms with Crippen molar-refractivity contribution in [3.63, 3.8) is 0 Å². The number of hydrogen-bond donors (Lipinski definition) is 1. The smallest absolute Gasteiger partial charge is 0.344 e. The number of alkyl halides is 3. The van der Waals surface area contributed by atoms with Gasteiger partial charge in [-0.3, -0.25) is 4.79 Å². The lowest BCUT2D eigenvalue weighted by Crippen LogP contribution is -2.28. The van der Waals surface area contributed by atoms with Crippen molar-refractivity contribution in [3.05, 3.63) is 22.5 Å². The molecule has 0 amide bonds. The molecule has 0 radical (unpaired) electrons. The van der Waals surface area contributed by atoms with Gasteiger partial charge in [0.05, 0.1) is 5.69 Å². The van der Waals surface area contributed by atoms with Gasteiger partial charge in [0.2, 0.25) is 0 Å². The van der Waals surface area contributed by atoms with Crippen LogP contribution in [-0.2, 0) is 13.5 Å². The number of carbonyl (C=O) groups excluding carboxylic acids is 1. The van der Waals surface area contributed by atoms with Crippen molar-refractivity contribution >= 4 is 5.78 Å². The molecule has 1 N–H and O–H groups in total. The van der Waals surface area contributed by atoms with E-state index in [4.69, 9.17) is 0 Å². The van der Waals surface area contributed by atoms with Crippen LogP contribution in [0.15, 0.2) is 0 Å². The van der Waals surface area contributed by atoms with Crippen molar-refractivity contribution in [2.45, 2.75) is 32.5 Å². The number of nitrogens with one attached hydrogen (secondary N) is 1. The van der Waals surface area contributed by atoms with Crippen LogP contribution in [-0.4, -0.2) is 23.1 Å². The maximum atomic E-state index is 12.6. The topological polar surface area (TPSA) is 34.0 Å². The lowest BCUT2D eigenvalue weighted by atomic mass is 9.97. The van der Waals surface area contributed by atoms with Gasteiger partial charge in [-0.2, -0.15) is 13.2 Å². The lowest BCUT2D eigenvalue weighted by Gasteiger charge is -2.22. The summed E-state index contributed by atoms with van der Waals surface area (Å²) in [6.07, 6.45) is -4.18. The average molecular weight is 260 g/mol. The number of Topliss-reactive ketones (excluding diaryl/α,β-unsaturated/α-hetero) is 1. The highest BCUT2D eigenvalue weighted by atomic mass is 19.4. The third-order valence-electron chi connectivity index (χ3n) is 3.53. The summed E-state index contributed by atoms with van der Waals surface area (Å²) in [7, 11) is 1.53. The van der Waals surface area contributed by atoms with E-state index in [1.165, 1.54) is 11.6 Å². The molecule has 0 saturated carbocycles. The molecule has 1 aliphatic heterocycles. The minimum atomic E-state index is -4.82. The highest BCUT2D eigenvalue weighted by molar-refractivity contribution is 6.00. The Balaban J connectivity index is 2.61. The summed E-state index contributed by atoms with van der Waals surface area (Å²) < 4.78 is 39.1. The van der Waals surface area contributed by atoms with E-state index >= 15 is 0 Å². The van der Waals surface area contributed by atoms with Crippen LogP contribution < -0.4 is 5.32 Å². The van der Waals surface area contributed by atoms with Gasteiger partial charge in [0.1, 0.15) is 0 Å². The van der Waals surface area contributed by atoms with Crippen molar-refractivity contribution in [1.82, 2.24) is 9.88 Å². The van der Waals surface area contributed by atoms with E-state index in [-0.39, 0.29) is 11.7 Å². The summed E-state index contributed by atoms with van der Waals surface area (Å²) in [5, 5.41) is 3.19. The molecule has 2 heterocycles. The van der Waals surface area contributed by atoms with Gasteiger partial charge in [0, 0.05) is 31.7 Å². The molecule has 18 heavy (non-hydrogen) atoms. The molecule has 1 aromatic rings. The minimum absolute atomic E-state index is 0.0188. The van der Waals surface area contributed by atoms with Crippen LogP contribution in [0.3, 0.4) is 0 Å². The van der Waals surface area contributed by atoms with Crippen molar-refractivity contribution in [3.8, 4) is 0 Å². The number of rotatable bonds is 1. The first-order valence-corrected chi connectivity index (χ1v) is 5.78. The molecule has 0 fully saturated rings. The predicted molar refractivity (Wildman–Crippen MR) is 60.7 cm³/mol. The fraction of sp³-hybridized carbons (Fsp3) is 0.583. The van der Waals surface area contributed by atoms with Gasteiger partial charge in [0.15, 0.2) is 0 Å². The summed E-state index contributed by atoms with van der Waals surface area (Å²) in [5.74, 6) is -1.76. The van der Waals surface area contributed by atoms with Crippen molar-refractivity contribution in [2.24, 2.45) is 7.05 Å². The predicted octanol–water partition coefficient (Wildman–Crippen LogP) is 2.29. The molecule has 1 atom stereocenters. The molecule has 100 valence electrons. The van der Waals surface area contributed by atoms with Gasteiger partial charge in [-0.1, -0.05) is 0 Å². The normalized spacial score (nSPS) is 19.8. The molecular formula is C12H15F3N2O. The number of carbonyl (C=O) groups is 1. The second kappa shape index (κ2) is 4.12. The van der Waals surface area contributed by atoms with Crippen LogP contribution in [0, 0.1) is 6.92 Å². The molecule has 1 aromatic heterocycles. The number of fused-ring (bicyclic) bond motifs is 1. The van der Waals surface area contributed by atoms with Crippen molar-refractivity contribution in [1.29, 1.82) is 0 Å². The van der Waals surface area contributed by atoms with Gasteiger partial charge >= 0.3 is 6.18 Å². The highest BCUT2D eigenvalue weighted by Gasteiger charge is 2.43. The lowest BCUT2D eigenvalue weighted by molar-refractivity contribution is -0.0890. The van der Waals surface area contributed by atoms with Gasteiger partial charge < -0.3 is 9.88 Å². The SMILES string of the molecule is Cc1c2c(n(C)c1C(=O)C(F)(F)F)CCNC2C. The molecule has 1 unspecified atom stereocenters. The Morgan fingerprint density at radius 3 is 2.56 bits per heavy atom. The van der Waals surface area contributed by atoms with Crippen LogP contribution >= 0.6 is 0 Å². The third-order valence-corrected chi connectivity index (χ3v) is 3.53. The Morgan fingerprint density at radius 1 is 1.44 bits per heavy atom. The molecule has 0 saturated heterocycles. The Bertz CT molecular complexity index is 502. The Morgan fingerprint density at radius 2 is 2.06 bits per heavy atom. The monoisotopic (exact) mass is 260 g/mol. The number of aromatic nitrogens is 1. The first kappa shape index (κ1) is 13.1. The largest absolute Gasteiger partial charge is 0.456 e. The summed E-state index contributed by atoms with van der Waals surface area (Å²) in [6.45, 7) is 4.19. The first-order valence-electron chi connectivity index (χ1n) is 5.78. The van der Waals surface area contributed by atoms with E-state index in [1.54, 1.807) is 6.92 Å². The van der Waals surface area contributed by atoms with E-state index in [9.17, 15) is 18.0 Å². The number of hydrogen-bond acceptors (Lipinski definition) is 2. The molecule has 0 aromatic carbocycles. The summed E-state index contributed by atoms with van der Waals surface area (Å²) in [5.41, 5.74) is 1.86. The zero-order valence-electron chi connectivity index (χ0n) is 10.5. The average Bonchev–Trinajstić information content (AvgIpc) is 2.51. The van der Waals surface area contributed by atoms with Crippen molar-refractivity contribution in [2.75, 3.05) is 6.54 Å². The second-order valence-corrected chi connectivity index (χ2v) is 4.65. The van der Waals surface area contributed by atoms with E-state index < -0.39 is 12.0 Å². The molecule has 1 aliphatic rings. The Labute approximate surface area is 103 Å². The van der Waals surface area contributed by atoms with Gasteiger partial charge in [-0.05, 0) is 25.0 Å². The number of nitrogens with zero attached hydrogens (tertiary/aromatic N) is 1. The van der Waals surface area contributed by atoms with Gasteiger partial charge in [0.25, 0.3) is 5.78 Å². The summed E-state index contributed by atoms with van der Waals surface area (Å²) in [4.78, 5) is 11.5. The maximum Gasteiger partial charge on any atom is 0.456 e.